The lowest BCUT2D eigenvalue weighted by Gasteiger charge is -2.12. The summed E-state index contributed by atoms with van der Waals surface area (Å²) >= 11 is 12.6. The molecule has 0 aliphatic rings. The molecule has 2 aromatic carbocycles. The molecule has 152 valence electrons. The van der Waals surface area contributed by atoms with Crippen LogP contribution in [0.3, 0.4) is 0 Å². The summed E-state index contributed by atoms with van der Waals surface area (Å²) in [6.45, 7) is 1.93. The third-order valence-corrected chi connectivity index (χ3v) is 4.92. The van der Waals surface area contributed by atoms with Crippen LogP contribution in [0, 0.1) is 11.3 Å². The summed E-state index contributed by atoms with van der Waals surface area (Å²) in [7, 11) is 0. The van der Waals surface area contributed by atoms with Crippen LogP contribution >= 0.6 is 23.2 Å². The molecule has 0 bridgehead atoms. The van der Waals surface area contributed by atoms with Crippen LogP contribution in [0.2, 0.25) is 10.0 Å². The van der Waals surface area contributed by atoms with Gasteiger partial charge in [0, 0.05) is 34.6 Å². The molecule has 0 fully saturated rings. The van der Waals surface area contributed by atoms with Crippen molar-refractivity contribution in [2.24, 2.45) is 0 Å². The number of halogens is 2. The van der Waals surface area contributed by atoms with Crippen molar-refractivity contribution in [2.75, 3.05) is 10.6 Å². The molecule has 3 rings (SSSR count). The first-order valence-corrected chi connectivity index (χ1v) is 10.1. The largest absolute Gasteiger partial charge is 0.324 e. The fraction of sp³-hybridized carbons (Fsp3) is 0.182. The Hall–Kier alpha value is -3.14. The van der Waals surface area contributed by atoms with Crippen LogP contribution in [0.1, 0.15) is 36.6 Å². The number of nitriles is 1. The topological polar surface area (TPSA) is 90.7 Å². The van der Waals surface area contributed by atoms with Crippen molar-refractivity contribution in [3.63, 3.8) is 0 Å². The van der Waals surface area contributed by atoms with Crippen LogP contribution in [-0.4, -0.2) is 15.9 Å². The third-order valence-electron chi connectivity index (χ3n) is 4.21. The quantitative estimate of drug-likeness (QED) is 0.490. The number of nitrogens with one attached hydrogen (secondary N) is 2. The molecule has 1 heterocycles. The number of amides is 1. The molecule has 1 aromatic heterocycles. The fourth-order valence-electron chi connectivity index (χ4n) is 2.78. The van der Waals surface area contributed by atoms with Crippen molar-refractivity contribution in [3.05, 3.63) is 75.4 Å². The number of carbonyl (C=O) groups excluding carboxylic acids is 1. The second-order valence-electron chi connectivity index (χ2n) is 6.56. The van der Waals surface area contributed by atoms with E-state index in [2.05, 4.69) is 26.7 Å². The van der Waals surface area contributed by atoms with Gasteiger partial charge in [-0.25, -0.2) is 4.98 Å². The van der Waals surface area contributed by atoms with Crippen LogP contribution in [0.5, 0.6) is 0 Å². The Morgan fingerprint density at radius 3 is 2.43 bits per heavy atom. The molecular weight excluding hydrogens is 421 g/mol. The van der Waals surface area contributed by atoms with E-state index in [1.165, 1.54) is 0 Å². The van der Waals surface area contributed by atoms with Crippen molar-refractivity contribution in [2.45, 2.75) is 26.2 Å². The number of nitrogens with zero attached hydrogens (tertiary/aromatic N) is 3. The van der Waals surface area contributed by atoms with Crippen molar-refractivity contribution >= 4 is 46.6 Å². The summed E-state index contributed by atoms with van der Waals surface area (Å²) in [5.41, 5.74) is 2.65. The lowest BCUT2D eigenvalue weighted by atomic mass is 10.1. The molecule has 0 atom stereocenters. The van der Waals surface area contributed by atoms with Crippen molar-refractivity contribution < 1.29 is 4.79 Å². The molecule has 0 spiro atoms. The van der Waals surface area contributed by atoms with E-state index in [1.807, 2.05) is 6.92 Å². The van der Waals surface area contributed by atoms with E-state index in [4.69, 9.17) is 28.5 Å². The van der Waals surface area contributed by atoms with Gasteiger partial charge >= 0.3 is 0 Å². The number of anilines is 3. The Bertz CT molecular complexity index is 1070. The molecular formula is C22H19Cl2N5O. The molecule has 8 heteroatoms. The van der Waals surface area contributed by atoms with E-state index in [9.17, 15) is 4.79 Å². The predicted molar refractivity (Wildman–Crippen MR) is 119 cm³/mol. The molecule has 3 aromatic rings. The molecule has 30 heavy (non-hydrogen) atoms. The van der Waals surface area contributed by atoms with E-state index in [0.29, 0.717) is 51.6 Å². The van der Waals surface area contributed by atoms with Crippen LogP contribution in [0.4, 0.5) is 17.5 Å². The minimum Gasteiger partial charge on any atom is -0.324 e. The number of aromatic nitrogens is 2. The maximum absolute atomic E-state index is 12.1. The van der Waals surface area contributed by atoms with E-state index in [1.54, 1.807) is 48.5 Å². The van der Waals surface area contributed by atoms with Gasteiger partial charge in [-0.1, -0.05) is 36.2 Å². The summed E-state index contributed by atoms with van der Waals surface area (Å²) in [6.07, 6.45) is 1.50. The molecule has 1 amide bonds. The summed E-state index contributed by atoms with van der Waals surface area (Å²) in [4.78, 5) is 21.0. The average molecular weight is 440 g/mol. The number of benzene rings is 2. The van der Waals surface area contributed by atoms with E-state index < -0.39 is 0 Å². The zero-order chi connectivity index (χ0) is 21.5. The van der Waals surface area contributed by atoms with Crippen molar-refractivity contribution in [1.82, 2.24) is 9.97 Å². The molecule has 0 saturated heterocycles. The van der Waals surface area contributed by atoms with Gasteiger partial charge in [-0.3, -0.25) is 4.79 Å². The maximum atomic E-state index is 12.1. The molecule has 0 aliphatic heterocycles. The van der Waals surface area contributed by atoms with Crippen LogP contribution in [-0.2, 0) is 11.2 Å². The second kappa shape index (κ2) is 10.1. The third kappa shape index (κ3) is 5.69. The molecule has 6 nitrogen and oxygen atoms in total. The van der Waals surface area contributed by atoms with Gasteiger partial charge < -0.3 is 10.6 Å². The summed E-state index contributed by atoms with van der Waals surface area (Å²) in [5, 5.41) is 15.9. The number of rotatable bonds is 7. The zero-order valence-corrected chi connectivity index (χ0v) is 17.8. The SMILES string of the molecule is CCCC(=O)Nc1cc(Cc2c(Cl)cccc2Cl)nc(Nc2ccc(C#N)cc2)n1. The number of hydrogen-bond donors (Lipinski definition) is 2. The van der Waals surface area contributed by atoms with Gasteiger partial charge in [-0.15, -0.1) is 0 Å². The van der Waals surface area contributed by atoms with Gasteiger partial charge in [0.05, 0.1) is 17.3 Å². The Labute approximate surface area is 184 Å². The monoisotopic (exact) mass is 439 g/mol. The van der Waals surface area contributed by atoms with Crippen LogP contribution in [0.15, 0.2) is 48.5 Å². The highest BCUT2D eigenvalue weighted by atomic mass is 35.5. The van der Waals surface area contributed by atoms with Gasteiger partial charge in [0.25, 0.3) is 0 Å². The van der Waals surface area contributed by atoms with Crippen molar-refractivity contribution in [3.8, 4) is 6.07 Å². The molecule has 2 N–H and O–H groups in total. The average Bonchev–Trinajstić information content (AvgIpc) is 2.71. The normalized spacial score (nSPS) is 10.3. The minimum absolute atomic E-state index is 0.123. The summed E-state index contributed by atoms with van der Waals surface area (Å²) in [5.74, 6) is 0.576. The second-order valence-corrected chi connectivity index (χ2v) is 7.37. The highest BCUT2D eigenvalue weighted by Gasteiger charge is 2.12. The first kappa shape index (κ1) is 21.6. The summed E-state index contributed by atoms with van der Waals surface area (Å²) in [6, 6.07) is 16.0. The highest BCUT2D eigenvalue weighted by Crippen LogP contribution is 2.27. The minimum atomic E-state index is -0.123. The molecule has 0 aliphatic carbocycles. The smallest absolute Gasteiger partial charge is 0.229 e. The first-order valence-electron chi connectivity index (χ1n) is 9.36. The Balaban J connectivity index is 1.93. The lowest BCUT2D eigenvalue weighted by Crippen LogP contribution is -2.13. The van der Waals surface area contributed by atoms with E-state index in [0.717, 1.165) is 12.0 Å². The van der Waals surface area contributed by atoms with Gasteiger partial charge in [0.1, 0.15) is 5.82 Å². The standard InChI is InChI=1S/C22H19Cl2N5O/c1-2-4-21(30)28-20-12-16(11-17-18(23)5-3-6-19(17)24)27-22(29-20)26-15-9-7-14(13-25)8-10-15/h3,5-10,12H,2,4,11H2,1H3,(H2,26,27,28,29,30). The van der Waals surface area contributed by atoms with Gasteiger partial charge in [0.15, 0.2) is 0 Å². The zero-order valence-electron chi connectivity index (χ0n) is 16.2. The molecule has 0 saturated carbocycles. The number of hydrogen-bond acceptors (Lipinski definition) is 5. The molecule has 0 radical (unpaired) electrons. The first-order chi connectivity index (χ1) is 14.5. The maximum Gasteiger partial charge on any atom is 0.229 e. The molecule has 0 unspecified atom stereocenters. The summed E-state index contributed by atoms with van der Waals surface area (Å²) < 4.78 is 0. The fourth-order valence-corrected chi connectivity index (χ4v) is 3.31. The van der Waals surface area contributed by atoms with Gasteiger partial charge in [0.2, 0.25) is 11.9 Å². The Morgan fingerprint density at radius 2 is 1.80 bits per heavy atom. The highest BCUT2D eigenvalue weighted by molar-refractivity contribution is 6.36. The van der Waals surface area contributed by atoms with Crippen LogP contribution in [0.25, 0.3) is 0 Å². The lowest BCUT2D eigenvalue weighted by molar-refractivity contribution is -0.116. The Kier molecular flexibility index (Phi) is 7.23. The van der Waals surface area contributed by atoms with Gasteiger partial charge in [-0.2, -0.15) is 10.2 Å². The number of carbonyl (C=O) groups is 1. The Morgan fingerprint density at radius 1 is 1.10 bits per heavy atom. The predicted octanol–water partition coefficient (Wildman–Crippen LogP) is 5.73. The van der Waals surface area contributed by atoms with Crippen molar-refractivity contribution in [1.29, 1.82) is 5.26 Å². The van der Waals surface area contributed by atoms with Crippen LogP contribution < -0.4 is 10.6 Å². The van der Waals surface area contributed by atoms with E-state index in [-0.39, 0.29) is 5.91 Å². The van der Waals surface area contributed by atoms with Gasteiger partial charge in [-0.05, 0) is 48.4 Å². The van der Waals surface area contributed by atoms with E-state index >= 15 is 0 Å².